The predicted molar refractivity (Wildman–Crippen MR) is 117 cm³/mol. The van der Waals surface area contributed by atoms with Crippen molar-refractivity contribution < 1.29 is 14.4 Å². The van der Waals surface area contributed by atoms with Crippen LogP contribution in [0.15, 0.2) is 30.3 Å². The standard InChI is InChI=1S/C21H21ClN4O3S/c1-10-18-16(30-20(10)22)8-15(24-18)21(29)25-14-7-12-5-3-4-6-13(12)19(14)26(11(2)27)9-17(23)28/h3-6,8,14,19,24H,7,9H2,1-2H3,(H2,23,28)(H,25,29)/t14-,19-/m1/s1. The molecule has 30 heavy (non-hydrogen) atoms. The van der Waals surface area contributed by atoms with Crippen molar-refractivity contribution >= 4 is 50.9 Å². The number of fused-ring (bicyclic) bond motifs is 2. The van der Waals surface area contributed by atoms with Crippen LogP contribution in [0.25, 0.3) is 10.2 Å². The van der Waals surface area contributed by atoms with Gasteiger partial charge in [-0.2, -0.15) is 0 Å². The number of amides is 3. The van der Waals surface area contributed by atoms with Crippen LogP contribution in [-0.4, -0.2) is 40.2 Å². The number of H-pyrrole nitrogens is 1. The Labute approximate surface area is 182 Å². The van der Waals surface area contributed by atoms with E-state index in [0.717, 1.165) is 26.9 Å². The van der Waals surface area contributed by atoms with Crippen LogP contribution in [0.4, 0.5) is 0 Å². The summed E-state index contributed by atoms with van der Waals surface area (Å²) in [7, 11) is 0. The van der Waals surface area contributed by atoms with Gasteiger partial charge in [0, 0.05) is 12.5 Å². The van der Waals surface area contributed by atoms with Crippen LogP contribution in [0.1, 0.15) is 40.1 Å². The smallest absolute Gasteiger partial charge is 0.268 e. The van der Waals surface area contributed by atoms with Gasteiger partial charge in [-0.3, -0.25) is 14.4 Å². The van der Waals surface area contributed by atoms with Gasteiger partial charge in [0.25, 0.3) is 5.91 Å². The zero-order valence-electron chi connectivity index (χ0n) is 16.5. The molecule has 3 aromatic rings. The molecule has 0 aliphatic heterocycles. The molecule has 3 amide bonds. The van der Waals surface area contributed by atoms with Crippen molar-refractivity contribution in [1.82, 2.24) is 15.2 Å². The van der Waals surface area contributed by atoms with Gasteiger partial charge in [0.2, 0.25) is 11.8 Å². The van der Waals surface area contributed by atoms with E-state index in [1.54, 1.807) is 6.07 Å². The van der Waals surface area contributed by atoms with Gasteiger partial charge in [0.05, 0.1) is 33.2 Å². The third-order valence-electron chi connectivity index (χ3n) is 5.47. The number of halogens is 1. The van der Waals surface area contributed by atoms with E-state index in [4.69, 9.17) is 17.3 Å². The monoisotopic (exact) mass is 444 g/mol. The van der Waals surface area contributed by atoms with Gasteiger partial charge in [-0.1, -0.05) is 35.9 Å². The Morgan fingerprint density at radius 3 is 2.73 bits per heavy atom. The lowest BCUT2D eigenvalue weighted by Crippen LogP contribution is -2.48. The van der Waals surface area contributed by atoms with Crippen molar-refractivity contribution in [3.63, 3.8) is 0 Å². The van der Waals surface area contributed by atoms with E-state index in [2.05, 4.69) is 10.3 Å². The summed E-state index contributed by atoms with van der Waals surface area (Å²) in [4.78, 5) is 41.5. The molecular formula is C21H21ClN4O3S. The summed E-state index contributed by atoms with van der Waals surface area (Å²) in [6.45, 7) is 3.09. The van der Waals surface area contributed by atoms with E-state index >= 15 is 0 Å². The number of nitrogens with one attached hydrogen (secondary N) is 2. The SMILES string of the molecule is CC(=O)N(CC(N)=O)[C@@H]1c2ccccc2C[C@H]1NC(=O)c1cc2sc(Cl)c(C)c2[nH]1. The first-order chi connectivity index (χ1) is 14.3. The third-order valence-corrected chi connectivity index (χ3v) is 7.02. The van der Waals surface area contributed by atoms with Gasteiger partial charge in [-0.05, 0) is 30.5 Å². The van der Waals surface area contributed by atoms with Crippen LogP contribution in [0.5, 0.6) is 0 Å². The number of nitrogens with zero attached hydrogens (tertiary/aromatic N) is 1. The normalized spacial score (nSPS) is 17.7. The molecule has 0 unspecified atom stereocenters. The highest BCUT2D eigenvalue weighted by Gasteiger charge is 2.39. The molecule has 0 spiro atoms. The predicted octanol–water partition coefficient (Wildman–Crippen LogP) is 2.92. The van der Waals surface area contributed by atoms with Gasteiger partial charge in [-0.25, -0.2) is 0 Å². The summed E-state index contributed by atoms with van der Waals surface area (Å²) in [5, 5.41) is 3.04. The summed E-state index contributed by atoms with van der Waals surface area (Å²) in [6, 6.07) is 8.60. The van der Waals surface area contributed by atoms with Crippen molar-refractivity contribution in [2.24, 2.45) is 5.73 Å². The van der Waals surface area contributed by atoms with Crippen molar-refractivity contribution in [1.29, 1.82) is 0 Å². The van der Waals surface area contributed by atoms with Crippen LogP contribution < -0.4 is 11.1 Å². The lowest BCUT2D eigenvalue weighted by molar-refractivity contribution is -0.136. The summed E-state index contributed by atoms with van der Waals surface area (Å²) >= 11 is 7.58. The van der Waals surface area contributed by atoms with Crippen LogP contribution in [0.2, 0.25) is 4.34 Å². The maximum absolute atomic E-state index is 13.0. The first-order valence-electron chi connectivity index (χ1n) is 9.48. The first-order valence-corrected chi connectivity index (χ1v) is 10.7. The topological polar surface area (TPSA) is 108 Å². The molecule has 2 atom stereocenters. The Bertz CT molecular complexity index is 1170. The van der Waals surface area contributed by atoms with E-state index in [0.29, 0.717) is 16.5 Å². The Kier molecular flexibility index (Phi) is 5.29. The van der Waals surface area contributed by atoms with Crippen molar-refractivity contribution in [2.45, 2.75) is 32.4 Å². The fourth-order valence-corrected chi connectivity index (χ4v) is 5.37. The van der Waals surface area contributed by atoms with E-state index in [1.807, 2.05) is 31.2 Å². The number of aryl methyl sites for hydroxylation is 1. The molecule has 4 rings (SSSR count). The number of aromatic nitrogens is 1. The van der Waals surface area contributed by atoms with Crippen molar-refractivity contribution in [2.75, 3.05) is 6.54 Å². The molecule has 0 fully saturated rings. The van der Waals surface area contributed by atoms with E-state index in [-0.39, 0.29) is 24.4 Å². The number of benzene rings is 1. The number of thiophene rings is 1. The maximum Gasteiger partial charge on any atom is 0.268 e. The number of carbonyl (C=O) groups excluding carboxylic acids is 3. The van der Waals surface area contributed by atoms with E-state index < -0.39 is 11.9 Å². The second-order valence-corrected chi connectivity index (χ2v) is 9.12. The number of carbonyl (C=O) groups is 3. The lowest BCUT2D eigenvalue weighted by Gasteiger charge is -2.32. The number of rotatable bonds is 5. The number of primary amides is 1. The molecule has 1 aliphatic carbocycles. The average molecular weight is 445 g/mol. The van der Waals surface area contributed by atoms with Gasteiger partial charge in [0.15, 0.2) is 0 Å². The maximum atomic E-state index is 13.0. The van der Waals surface area contributed by atoms with Crippen molar-refractivity contribution in [3.05, 3.63) is 57.1 Å². The molecule has 156 valence electrons. The third kappa shape index (κ3) is 3.57. The zero-order valence-corrected chi connectivity index (χ0v) is 18.1. The Morgan fingerprint density at radius 2 is 2.07 bits per heavy atom. The van der Waals surface area contributed by atoms with Gasteiger partial charge >= 0.3 is 0 Å². The highest BCUT2D eigenvalue weighted by molar-refractivity contribution is 7.22. The summed E-state index contributed by atoms with van der Waals surface area (Å²) < 4.78 is 1.60. The largest absolute Gasteiger partial charge is 0.368 e. The average Bonchev–Trinajstić information content (AvgIpc) is 3.33. The van der Waals surface area contributed by atoms with Gasteiger partial charge in [0.1, 0.15) is 5.69 Å². The number of aromatic amines is 1. The molecule has 0 saturated heterocycles. The molecule has 9 heteroatoms. The fourth-order valence-electron chi connectivity index (χ4n) is 4.10. The molecule has 0 bridgehead atoms. The van der Waals surface area contributed by atoms with Crippen molar-refractivity contribution in [3.8, 4) is 0 Å². The zero-order chi connectivity index (χ0) is 21.6. The molecule has 2 aromatic heterocycles. The molecule has 0 radical (unpaired) electrons. The van der Waals surface area contributed by atoms with Gasteiger partial charge < -0.3 is 20.9 Å². The van der Waals surface area contributed by atoms with E-state index in [1.165, 1.54) is 23.2 Å². The Morgan fingerprint density at radius 1 is 1.33 bits per heavy atom. The number of hydrogen-bond donors (Lipinski definition) is 3. The van der Waals surface area contributed by atoms with Crippen LogP contribution >= 0.6 is 22.9 Å². The molecule has 7 nitrogen and oxygen atoms in total. The lowest BCUT2D eigenvalue weighted by atomic mass is 10.0. The minimum Gasteiger partial charge on any atom is -0.368 e. The molecule has 2 heterocycles. The number of hydrogen-bond acceptors (Lipinski definition) is 4. The summed E-state index contributed by atoms with van der Waals surface area (Å²) in [5.41, 5.74) is 9.50. The highest BCUT2D eigenvalue weighted by atomic mass is 35.5. The number of nitrogens with two attached hydrogens (primary N) is 1. The Balaban J connectivity index is 1.64. The van der Waals surface area contributed by atoms with Crippen LogP contribution in [0.3, 0.4) is 0 Å². The van der Waals surface area contributed by atoms with E-state index in [9.17, 15) is 14.4 Å². The first kappa shape index (κ1) is 20.4. The molecular weight excluding hydrogens is 424 g/mol. The molecule has 1 aromatic carbocycles. The quantitative estimate of drug-likeness (QED) is 0.563. The molecule has 0 saturated carbocycles. The Hall–Kier alpha value is -2.84. The minimum absolute atomic E-state index is 0.212. The van der Waals surface area contributed by atoms with Gasteiger partial charge in [-0.15, -0.1) is 11.3 Å². The van der Waals surface area contributed by atoms with Crippen LogP contribution in [-0.2, 0) is 16.0 Å². The second-order valence-electron chi connectivity index (χ2n) is 7.46. The highest BCUT2D eigenvalue weighted by Crippen LogP contribution is 2.37. The second kappa shape index (κ2) is 7.77. The van der Waals surface area contributed by atoms with Crippen LogP contribution in [0, 0.1) is 6.92 Å². The molecule has 4 N–H and O–H groups in total. The summed E-state index contributed by atoms with van der Waals surface area (Å²) in [6.07, 6.45) is 0.551. The minimum atomic E-state index is -0.600. The fraction of sp³-hybridized carbons (Fsp3) is 0.286. The molecule has 1 aliphatic rings. The summed E-state index contributed by atoms with van der Waals surface area (Å²) in [5.74, 6) is -1.16.